The van der Waals surface area contributed by atoms with Crippen LogP contribution in [-0.2, 0) is 0 Å². The molecule has 0 heterocycles. The van der Waals surface area contributed by atoms with E-state index in [0.717, 1.165) is 23.5 Å². The molecular weight excluding hydrogens is 280 g/mol. The van der Waals surface area contributed by atoms with Gasteiger partial charge in [0.1, 0.15) is 0 Å². The van der Waals surface area contributed by atoms with E-state index in [4.69, 9.17) is 0 Å². The first-order chi connectivity index (χ1) is 11.3. The van der Waals surface area contributed by atoms with Crippen molar-refractivity contribution in [3.8, 4) is 0 Å². The molecule has 0 spiro atoms. The summed E-state index contributed by atoms with van der Waals surface area (Å²) >= 11 is 0. The largest absolute Gasteiger partial charge is 0.255 e. The quantitative estimate of drug-likeness (QED) is 0.418. The lowest BCUT2D eigenvalue weighted by Gasteiger charge is -1.98. The van der Waals surface area contributed by atoms with E-state index < -0.39 is 0 Å². The number of aliphatic imine (C=N–C) groups is 2. The van der Waals surface area contributed by atoms with E-state index in [1.54, 1.807) is 6.21 Å². The topological polar surface area (TPSA) is 24.7 Å². The Balaban J connectivity index is 1.96. The SMILES string of the molecule is CCCCC=Cc1ccc(N=C(C)C=Nc2ccccc2)cc1. The van der Waals surface area contributed by atoms with Gasteiger partial charge < -0.3 is 0 Å². The molecule has 23 heavy (non-hydrogen) atoms. The number of hydrogen-bond donors (Lipinski definition) is 0. The lowest BCUT2D eigenvalue weighted by molar-refractivity contribution is 0.816. The highest BCUT2D eigenvalue weighted by atomic mass is 14.8. The molecule has 0 N–H and O–H groups in total. The van der Waals surface area contributed by atoms with E-state index in [-0.39, 0.29) is 0 Å². The number of para-hydroxylation sites is 1. The van der Waals surface area contributed by atoms with Gasteiger partial charge in [0.25, 0.3) is 0 Å². The van der Waals surface area contributed by atoms with Crippen molar-refractivity contribution in [1.82, 2.24) is 0 Å². The van der Waals surface area contributed by atoms with E-state index in [0.29, 0.717) is 0 Å². The van der Waals surface area contributed by atoms with E-state index in [2.05, 4.69) is 41.2 Å². The Bertz CT molecular complexity index is 665. The fraction of sp³-hybridized carbons (Fsp3) is 0.238. The van der Waals surface area contributed by atoms with Gasteiger partial charge in [0, 0.05) is 6.21 Å². The molecule has 0 radical (unpaired) electrons. The van der Waals surface area contributed by atoms with Gasteiger partial charge in [-0.15, -0.1) is 0 Å². The maximum atomic E-state index is 4.57. The molecule has 2 rings (SSSR count). The number of hydrogen-bond acceptors (Lipinski definition) is 2. The van der Waals surface area contributed by atoms with Crippen LogP contribution in [0, 0.1) is 0 Å². The van der Waals surface area contributed by atoms with Crippen molar-refractivity contribution in [2.45, 2.75) is 33.1 Å². The number of rotatable bonds is 7. The molecule has 0 aliphatic rings. The van der Waals surface area contributed by atoms with Crippen molar-refractivity contribution in [3.63, 3.8) is 0 Å². The monoisotopic (exact) mass is 304 g/mol. The fourth-order valence-electron chi connectivity index (χ4n) is 2.12. The van der Waals surface area contributed by atoms with Crippen LogP contribution in [0.1, 0.15) is 38.7 Å². The summed E-state index contributed by atoms with van der Waals surface area (Å²) in [7, 11) is 0. The lowest BCUT2D eigenvalue weighted by Crippen LogP contribution is -1.90. The smallest absolute Gasteiger partial charge is 0.0633 e. The van der Waals surface area contributed by atoms with E-state index in [1.165, 1.54) is 18.4 Å². The molecule has 118 valence electrons. The van der Waals surface area contributed by atoms with Gasteiger partial charge >= 0.3 is 0 Å². The first-order valence-electron chi connectivity index (χ1n) is 8.19. The zero-order valence-electron chi connectivity index (χ0n) is 13.9. The lowest BCUT2D eigenvalue weighted by atomic mass is 10.1. The molecule has 2 aromatic rings. The van der Waals surface area contributed by atoms with Gasteiger partial charge in [0.15, 0.2) is 0 Å². The minimum atomic E-state index is 0.889. The molecule has 0 unspecified atom stereocenters. The normalized spacial score (nSPS) is 12.3. The van der Waals surface area contributed by atoms with Crippen LogP contribution in [0.5, 0.6) is 0 Å². The van der Waals surface area contributed by atoms with Crippen LogP contribution in [0.15, 0.2) is 70.7 Å². The summed E-state index contributed by atoms with van der Waals surface area (Å²) in [5.41, 5.74) is 4.00. The highest BCUT2D eigenvalue weighted by molar-refractivity contribution is 6.30. The van der Waals surface area contributed by atoms with Gasteiger partial charge in [-0.05, 0) is 43.2 Å². The van der Waals surface area contributed by atoms with Gasteiger partial charge in [-0.3, -0.25) is 9.98 Å². The Hall–Kier alpha value is -2.48. The van der Waals surface area contributed by atoms with Crippen molar-refractivity contribution >= 4 is 29.4 Å². The van der Waals surface area contributed by atoms with Crippen LogP contribution in [0.3, 0.4) is 0 Å². The van der Waals surface area contributed by atoms with Gasteiger partial charge in [-0.1, -0.05) is 62.2 Å². The van der Waals surface area contributed by atoms with Crippen LogP contribution in [0.2, 0.25) is 0 Å². The highest BCUT2D eigenvalue weighted by Gasteiger charge is 1.92. The second-order valence-corrected chi connectivity index (χ2v) is 5.48. The van der Waals surface area contributed by atoms with Crippen LogP contribution in [0.4, 0.5) is 11.4 Å². The Morgan fingerprint density at radius 3 is 2.39 bits per heavy atom. The summed E-state index contributed by atoms with van der Waals surface area (Å²) < 4.78 is 0. The van der Waals surface area contributed by atoms with Crippen molar-refractivity contribution in [3.05, 3.63) is 66.2 Å². The number of nitrogens with zero attached hydrogens (tertiary/aromatic N) is 2. The predicted molar refractivity (Wildman–Crippen MR) is 102 cm³/mol. The van der Waals surface area contributed by atoms with Crippen LogP contribution in [-0.4, -0.2) is 11.9 Å². The van der Waals surface area contributed by atoms with Crippen molar-refractivity contribution in [2.24, 2.45) is 9.98 Å². The van der Waals surface area contributed by atoms with Gasteiger partial charge in [0.2, 0.25) is 0 Å². The minimum absolute atomic E-state index is 0.889. The summed E-state index contributed by atoms with van der Waals surface area (Å²) in [5, 5.41) is 0. The molecule has 0 amide bonds. The molecule has 0 saturated heterocycles. The van der Waals surface area contributed by atoms with Crippen LogP contribution in [0.25, 0.3) is 6.08 Å². The maximum Gasteiger partial charge on any atom is 0.0633 e. The Morgan fingerprint density at radius 1 is 0.957 bits per heavy atom. The van der Waals surface area contributed by atoms with Gasteiger partial charge in [-0.2, -0.15) is 0 Å². The van der Waals surface area contributed by atoms with Gasteiger partial charge in [-0.25, -0.2) is 0 Å². The summed E-state index contributed by atoms with van der Waals surface area (Å²) in [5.74, 6) is 0. The summed E-state index contributed by atoms with van der Waals surface area (Å²) in [6.07, 6.45) is 9.84. The van der Waals surface area contributed by atoms with Gasteiger partial charge in [0.05, 0.1) is 17.1 Å². The second-order valence-electron chi connectivity index (χ2n) is 5.48. The summed E-state index contributed by atoms with van der Waals surface area (Å²) in [6, 6.07) is 18.2. The zero-order chi connectivity index (χ0) is 16.3. The molecular formula is C21H24N2. The molecule has 0 aromatic heterocycles. The predicted octanol–water partition coefficient (Wildman–Crippen LogP) is 6.38. The zero-order valence-corrected chi connectivity index (χ0v) is 13.9. The van der Waals surface area contributed by atoms with Crippen LogP contribution >= 0.6 is 0 Å². The standard InChI is InChI=1S/C21H24N2/c1-3-4-5-7-10-19-13-15-21(16-14-19)23-18(2)17-22-20-11-8-6-9-12-20/h6-17H,3-5H2,1-2H3. The number of benzene rings is 2. The van der Waals surface area contributed by atoms with E-state index >= 15 is 0 Å². The molecule has 0 aliphatic carbocycles. The maximum absolute atomic E-state index is 4.57. The Morgan fingerprint density at radius 2 is 1.70 bits per heavy atom. The Labute approximate surface area is 139 Å². The average molecular weight is 304 g/mol. The molecule has 2 heteroatoms. The molecule has 2 aromatic carbocycles. The van der Waals surface area contributed by atoms with E-state index in [1.807, 2.05) is 49.4 Å². The van der Waals surface area contributed by atoms with Crippen molar-refractivity contribution in [1.29, 1.82) is 0 Å². The molecule has 0 saturated carbocycles. The molecule has 2 nitrogen and oxygen atoms in total. The Kier molecular flexibility index (Phi) is 6.99. The third-order valence-electron chi connectivity index (χ3n) is 3.39. The number of allylic oxidation sites excluding steroid dienone is 1. The average Bonchev–Trinajstić information content (AvgIpc) is 2.59. The summed E-state index contributed by atoms with van der Waals surface area (Å²) in [4.78, 5) is 8.98. The fourth-order valence-corrected chi connectivity index (χ4v) is 2.12. The molecule has 0 atom stereocenters. The first-order valence-corrected chi connectivity index (χ1v) is 8.19. The number of unbranched alkanes of at least 4 members (excludes halogenated alkanes) is 2. The third kappa shape index (κ3) is 6.43. The summed E-state index contributed by atoms with van der Waals surface area (Å²) in [6.45, 7) is 4.18. The second kappa shape index (κ2) is 9.52. The third-order valence-corrected chi connectivity index (χ3v) is 3.39. The van der Waals surface area contributed by atoms with Crippen molar-refractivity contribution in [2.75, 3.05) is 0 Å². The highest BCUT2D eigenvalue weighted by Crippen LogP contribution is 2.15. The minimum Gasteiger partial charge on any atom is -0.255 e. The van der Waals surface area contributed by atoms with E-state index in [9.17, 15) is 0 Å². The van der Waals surface area contributed by atoms with Crippen molar-refractivity contribution < 1.29 is 0 Å². The molecule has 0 fully saturated rings. The van der Waals surface area contributed by atoms with Crippen LogP contribution < -0.4 is 0 Å². The molecule has 0 bridgehead atoms. The first kappa shape index (κ1) is 16.9. The molecule has 0 aliphatic heterocycles.